The van der Waals surface area contributed by atoms with E-state index in [0.717, 1.165) is 11.3 Å². The van der Waals surface area contributed by atoms with Gasteiger partial charge in [0.25, 0.3) is 0 Å². The van der Waals surface area contributed by atoms with Crippen LogP contribution in [-0.4, -0.2) is 42.2 Å². The number of amides is 1. The van der Waals surface area contributed by atoms with Crippen molar-refractivity contribution in [2.45, 2.75) is 44.4 Å². The second-order valence-corrected chi connectivity index (χ2v) is 6.25. The second-order valence-electron chi connectivity index (χ2n) is 5.47. The Hall–Kier alpha value is -1.08. The summed E-state index contributed by atoms with van der Waals surface area (Å²) < 4.78 is 37.3. The number of carbonyl (C=O) groups is 1. The zero-order valence-electron chi connectivity index (χ0n) is 11.8. The summed E-state index contributed by atoms with van der Waals surface area (Å²) >= 11 is 1.61. The number of alkyl halides is 3. The Labute approximate surface area is 126 Å². The normalized spacial score (nSPS) is 21.6. The third kappa shape index (κ3) is 5.00. The zero-order valence-corrected chi connectivity index (χ0v) is 12.6. The topological polar surface area (TPSA) is 32.3 Å². The summed E-state index contributed by atoms with van der Waals surface area (Å²) in [5.74, 6) is -0.434. The average Bonchev–Trinajstić information content (AvgIpc) is 2.85. The Morgan fingerprint density at radius 2 is 2.29 bits per heavy atom. The van der Waals surface area contributed by atoms with Crippen molar-refractivity contribution in [3.8, 4) is 0 Å². The maximum absolute atomic E-state index is 12.4. The fourth-order valence-corrected chi connectivity index (χ4v) is 3.31. The molecule has 0 aromatic carbocycles. The van der Waals surface area contributed by atoms with Crippen LogP contribution in [0.15, 0.2) is 16.8 Å². The Morgan fingerprint density at radius 1 is 1.52 bits per heavy atom. The summed E-state index contributed by atoms with van der Waals surface area (Å²) in [7, 11) is 0. The third-order valence-electron chi connectivity index (χ3n) is 3.51. The zero-order chi connectivity index (χ0) is 15.5. The van der Waals surface area contributed by atoms with Gasteiger partial charge in [-0.3, -0.25) is 4.79 Å². The van der Waals surface area contributed by atoms with E-state index >= 15 is 0 Å². The molecule has 2 atom stereocenters. The summed E-state index contributed by atoms with van der Waals surface area (Å²) in [6.07, 6.45) is -2.36. The Balaban J connectivity index is 1.88. The first-order valence-electron chi connectivity index (χ1n) is 6.98. The maximum atomic E-state index is 12.4. The Morgan fingerprint density at radius 3 is 2.90 bits per heavy atom. The van der Waals surface area contributed by atoms with Crippen LogP contribution >= 0.6 is 11.3 Å². The summed E-state index contributed by atoms with van der Waals surface area (Å²) in [6, 6.07) is 1.57. The van der Waals surface area contributed by atoms with Crippen molar-refractivity contribution in [1.29, 1.82) is 0 Å². The lowest BCUT2D eigenvalue weighted by Crippen LogP contribution is -2.55. The number of thiophene rings is 1. The van der Waals surface area contributed by atoms with Crippen LogP contribution in [0.1, 0.15) is 25.3 Å². The monoisotopic (exact) mass is 320 g/mol. The molecular formula is C14H19F3N2OS. The highest BCUT2D eigenvalue weighted by Crippen LogP contribution is 2.21. The van der Waals surface area contributed by atoms with Crippen molar-refractivity contribution in [2.75, 3.05) is 13.1 Å². The summed E-state index contributed by atoms with van der Waals surface area (Å²) in [5.41, 5.74) is 1.18. The van der Waals surface area contributed by atoms with Gasteiger partial charge in [0.05, 0.1) is 6.04 Å². The standard InChI is InChI=1S/C14H19F3N2OS/c1-10(7-11-4-6-21-8-11)18-12-3-2-5-19(13(12)20)9-14(15,16)17/h4,6,8,10,12,18H,2-3,5,7,9H2,1H3/t10-,12-/m1/s1. The predicted octanol–water partition coefficient (Wildman–Crippen LogP) is 2.82. The van der Waals surface area contributed by atoms with Crippen LogP contribution in [-0.2, 0) is 11.2 Å². The first-order valence-corrected chi connectivity index (χ1v) is 7.92. The van der Waals surface area contributed by atoms with E-state index in [0.29, 0.717) is 12.8 Å². The number of rotatable bonds is 5. The van der Waals surface area contributed by atoms with Gasteiger partial charge in [0.15, 0.2) is 0 Å². The highest BCUT2D eigenvalue weighted by Gasteiger charge is 2.37. The smallest absolute Gasteiger partial charge is 0.332 e. The van der Waals surface area contributed by atoms with Crippen molar-refractivity contribution in [3.63, 3.8) is 0 Å². The van der Waals surface area contributed by atoms with E-state index in [2.05, 4.69) is 5.32 Å². The minimum Gasteiger partial charge on any atom is -0.332 e. The number of hydrogen-bond acceptors (Lipinski definition) is 3. The van der Waals surface area contributed by atoms with Gasteiger partial charge >= 0.3 is 6.18 Å². The maximum Gasteiger partial charge on any atom is 0.406 e. The molecule has 1 amide bonds. The molecule has 0 unspecified atom stereocenters. The lowest BCUT2D eigenvalue weighted by atomic mass is 10.0. The molecule has 1 aromatic heterocycles. The number of piperidine rings is 1. The molecule has 0 aliphatic carbocycles. The van der Waals surface area contributed by atoms with E-state index in [1.54, 1.807) is 11.3 Å². The molecule has 0 radical (unpaired) electrons. The lowest BCUT2D eigenvalue weighted by Gasteiger charge is -2.34. The van der Waals surface area contributed by atoms with Gasteiger partial charge in [0.1, 0.15) is 6.54 Å². The first kappa shape index (κ1) is 16.3. The molecule has 0 bridgehead atoms. The molecule has 1 aliphatic rings. The predicted molar refractivity (Wildman–Crippen MR) is 76.3 cm³/mol. The molecule has 118 valence electrons. The van der Waals surface area contributed by atoms with Gasteiger partial charge in [-0.15, -0.1) is 0 Å². The largest absolute Gasteiger partial charge is 0.406 e. The van der Waals surface area contributed by atoms with E-state index < -0.39 is 24.7 Å². The fourth-order valence-electron chi connectivity index (χ4n) is 2.63. The van der Waals surface area contributed by atoms with Crippen molar-refractivity contribution in [1.82, 2.24) is 10.2 Å². The lowest BCUT2D eigenvalue weighted by molar-refractivity contribution is -0.165. The molecule has 21 heavy (non-hydrogen) atoms. The quantitative estimate of drug-likeness (QED) is 0.905. The molecule has 2 heterocycles. The molecular weight excluding hydrogens is 301 g/mol. The van der Waals surface area contributed by atoms with Gasteiger partial charge in [-0.25, -0.2) is 0 Å². The Bertz CT molecular complexity index is 461. The van der Waals surface area contributed by atoms with Gasteiger partial charge < -0.3 is 10.2 Å². The third-order valence-corrected chi connectivity index (χ3v) is 4.24. The Kier molecular flexibility index (Phi) is 5.27. The van der Waals surface area contributed by atoms with Gasteiger partial charge in [0, 0.05) is 12.6 Å². The number of nitrogens with zero attached hydrogens (tertiary/aromatic N) is 1. The molecule has 1 saturated heterocycles. The van der Waals surface area contributed by atoms with Crippen molar-refractivity contribution in [2.24, 2.45) is 0 Å². The van der Waals surface area contributed by atoms with Crippen molar-refractivity contribution in [3.05, 3.63) is 22.4 Å². The number of likely N-dealkylation sites (tertiary alicyclic amines) is 1. The van der Waals surface area contributed by atoms with Crippen LogP contribution in [0.5, 0.6) is 0 Å². The van der Waals surface area contributed by atoms with Crippen molar-refractivity contribution < 1.29 is 18.0 Å². The molecule has 3 nitrogen and oxygen atoms in total. The SMILES string of the molecule is C[C@H](Cc1ccsc1)N[C@@H]1CCCN(CC(F)(F)F)C1=O. The molecule has 1 N–H and O–H groups in total. The highest BCUT2D eigenvalue weighted by atomic mass is 32.1. The van der Waals surface area contributed by atoms with Crippen LogP contribution in [0.25, 0.3) is 0 Å². The molecule has 0 saturated carbocycles. The van der Waals surface area contributed by atoms with Crippen LogP contribution in [0.4, 0.5) is 13.2 Å². The minimum atomic E-state index is -4.33. The molecule has 7 heteroatoms. The molecule has 1 aromatic rings. The van der Waals surface area contributed by atoms with Gasteiger partial charge in [-0.1, -0.05) is 0 Å². The number of carbonyl (C=O) groups excluding carboxylic acids is 1. The number of halogens is 3. The minimum absolute atomic E-state index is 0.0550. The van der Waals surface area contributed by atoms with E-state index in [9.17, 15) is 18.0 Å². The van der Waals surface area contributed by atoms with Gasteiger partial charge in [-0.05, 0) is 48.6 Å². The van der Waals surface area contributed by atoms with Gasteiger partial charge in [0.2, 0.25) is 5.91 Å². The molecule has 2 rings (SSSR count). The van der Waals surface area contributed by atoms with Crippen LogP contribution in [0.2, 0.25) is 0 Å². The molecule has 1 fully saturated rings. The number of nitrogens with one attached hydrogen (secondary N) is 1. The summed E-state index contributed by atoms with van der Waals surface area (Å²) in [4.78, 5) is 13.0. The molecule has 0 spiro atoms. The second kappa shape index (κ2) is 6.79. The fraction of sp³-hybridized carbons (Fsp3) is 0.643. The van der Waals surface area contributed by atoms with E-state index in [4.69, 9.17) is 0 Å². The first-order chi connectivity index (χ1) is 9.85. The highest BCUT2D eigenvalue weighted by molar-refractivity contribution is 7.07. The van der Waals surface area contributed by atoms with Crippen LogP contribution in [0, 0.1) is 0 Å². The summed E-state index contributed by atoms with van der Waals surface area (Å²) in [6.45, 7) is 0.992. The van der Waals surface area contributed by atoms with Gasteiger partial charge in [-0.2, -0.15) is 24.5 Å². The van der Waals surface area contributed by atoms with E-state index in [-0.39, 0.29) is 12.6 Å². The number of hydrogen-bond donors (Lipinski definition) is 1. The van der Waals surface area contributed by atoms with E-state index in [1.165, 1.54) is 5.56 Å². The van der Waals surface area contributed by atoms with Crippen LogP contribution < -0.4 is 5.32 Å². The molecule has 1 aliphatic heterocycles. The van der Waals surface area contributed by atoms with Crippen molar-refractivity contribution >= 4 is 17.2 Å². The summed E-state index contributed by atoms with van der Waals surface area (Å²) in [5, 5.41) is 7.19. The average molecular weight is 320 g/mol. The van der Waals surface area contributed by atoms with E-state index in [1.807, 2.05) is 23.8 Å². The van der Waals surface area contributed by atoms with Crippen LogP contribution in [0.3, 0.4) is 0 Å².